The lowest BCUT2D eigenvalue weighted by molar-refractivity contribution is 0.615. The van der Waals surface area contributed by atoms with Crippen LogP contribution in [0.15, 0.2) is 14.6 Å². The fourth-order valence-electron chi connectivity index (χ4n) is 1.17. The zero-order valence-corrected chi connectivity index (χ0v) is 12.6. The maximum absolute atomic E-state index is 11.8. The summed E-state index contributed by atoms with van der Waals surface area (Å²) < 4.78 is 2.88. The van der Waals surface area contributed by atoms with E-state index in [9.17, 15) is 9.59 Å². The second-order valence-corrected chi connectivity index (χ2v) is 4.98. The fourth-order valence-corrected chi connectivity index (χ4v) is 2.01. The van der Waals surface area contributed by atoms with E-state index in [-0.39, 0.29) is 11.2 Å². The van der Waals surface area contributed by atoms with E-state index in [4.69, 9.17) is 0 Å². The standard InChI is InChI=1S/C10H15IN4O2/c1-6(13(2)3)12-8-7(11)9(16)15(5)10(17)14(8)4/h1-5H3. The Bertz CT molecular complexity index is 546. The molecular weight excluding hydrogens is 335 g/mol. The van der Waals surface area contributed by atoms with Gasteiger partial charge in [0.15, 0.2) is 5.82 Å². The average molecular weight is 350 g/mol. The van der Waals surface area contributed by atoms with Gasteiger partial charge in [-0.25, -0.2) is 9.79 Å². The molecule has 0 aliphatic heterocycles. The Kier molecular flexibility index (Phi) is 4.12. The van der Waals surface area contributed by atoms with Gasteiger partial charge in [0.1, 0.15) is 9.41 Å². The van der Waals surface area contributed by atoms with Gasteiger partial charge in [-0.2, -0.15) is 0 Å². The summed E-state index contributed by atoms with van der Waals surface area (Å²) in [5.74, 6) is 1.12. The molecule has 0 aromatic carbocycles. The van der Waals surface area contributed by atoms with E-state index in [2.05, 4.69) is 4.99 Å². The number of amidine groups is 1. The molecule has 0 amide bonds. The molecule has 1 aromatic rings. The van der Waals surface area contributed by atoms with E-state index in [0.717, 1.165) is 10.4 Å². The summed E-state index contributed by atoms with van der Waals surface area (Å²) in [7, 11) is 6.76. The molecule has 7 heteroatoms. The number of aromatic nitrogens is 2. The van der Waals surface area contributed by atoms with Gasteiger partial charge in [0.2, 0.25) is 0 Å². The van der Waals surface area contributed by atoms with Crippen molar-refractivity contribution in [1.82, 2.24) is 14.0 Å². The highest BCUT2D eigenvalue weighted by Crippen LogP contribution is 2.15. The van der Waals surface area contributed by atoms with Gasteiger partial charge in [-0.1, -0.05) is 0 Å². The highest BCUT2D eigenvalue weighted by Gasteiger charge is 2.12. The second kappa shape index (κ2) is 5.03. The zero-order chi connectivity index (χ0) is 13.3. The van der Waals surface area contributed by atoms with Crippen LogP contribution in [0.2, 0.25) is 0 Å². The molecule has 94 valence electrons. The molecule has 1 rings (SSSR count). The van der Waals surface area contributed by atoms with Crippen molar-refractivity contribution in [3.05, 3.63) is 24.4 Å². The lowest BCUT2D eigenvalue weighted by Gasteiger charge is -2.13. The van der Waals surface area contributed by atoms with E-state index in [1.54, 1.807) is 7.05 Å². The third-order valence-electron chi connectivity index (χ3n) is 2.50. The first kappa shape index (κ1) is 13.9. The number of aliphatic imine (C=N–C) groups is 1. The van der Waals surface area contributed by atoms with Gasteiger partial charge in [-0.05, 0) is 29.5 Å². The predicted octanol–water partition coefficient (Wildman–Crippen LogP) is 0.300. The molecule has 0 saturated heterocycles. The molecule has 0 aliphatic carbocycles. The molecule has 17 heavy (non-hydrogen) atoms. The zero-order valence-electron chi connectivity index (χ0n) is 10.5. The summed E-state index contributed by atoms with van der Waals surface area (Å²) in [5.41, 5.74) is -0.695. The Balaban J connectivity index is 3.62. The number of nitrogens with zero attached hydrogens (tertiary/aromatic N) is 4. The normalized spacial score (nSPS) is 11.8. The lowest BCUT2D eigenvalue weighted by atomic mass is 10.5. The highest BCUT2D eigenvalue weighted by molar-refractivity contribution is 14.1. The van der Waals surface area contributed by atoms with Gasteiger partial charge in [0.05, 0.1) is 0 Å². The van der Waals surface area contributed by atoms with Gasteiger partial charge in [-0.3, -0.25) is 13.9 Å². The molecular formula is C10H15IN4O2. The van der Waals surface area contributed by atoms with Crippen molar-refractivity contribution >= 4 is 34.2 Å². The molecule has 0 atom stereocenters. The summed E-state index contributed by atoms with van der Waals surface area (Å²) in [6, 6.07) is 0. The Labute approximate surface area is 113 Å². The molecule has 1 aromatic heterocycles. The van der Waals surface area contributed by atoms with Crippen LogP contribution in [0, 0.1) is 3.57 Å². The molecule has 0 fully saturated rings. The molecule has 0 aliphatic rings. The summed E-state index contributed by atoms with van der Waals surface area (Å²) in [5, 5.41) is 0. The summed E-state index contributed by atoms with van der Waals surface area (Å²) in [4.78, 5) is 29.6. The third kappa shape index (κ3) is 2.59. The maximum Gasteiger partial charge on any atom is 0.332 e. The highest BCUT2D eigenvalue weighted by atomic mass is 127. The van der Waals surface area contributed by atoms with Crippen LogP contribution < -0.4 is 11.2 Å². The van der Waals surface area contributed by atoms with Crippen LogP contribution in [0.3, 0.4) is 0 Å². The van der Waals surface area contributed by atoms with Crippen molar-refractivity contribution in [1.29, 1.82) is 0 Å². The molecule has 1 heterocycles. The number of hydrogen-bond acceptors (Lipinski definition) is 3. The van der Waals surface area contributed by atoms with E-state index < -0.39 is 0 Å². The van der Waals surface area contributed by atoms with Gasteiger partial charge >= 0.3 is 5.69 Å². The quantitative estimate of drug-likeness (QED) is 0.416. The Hall–Kier alpha value is -1.12. The lowest BCUT2D eigenvalue weighted by Crippen LogP contribution is -2.38. The van der Waals surface area contributed by atoms with Crippen LogP contribution in [0.4, 0.5) is 5.82 Å². The monoisotopic (exact) mass is 350 g/mol. The number of rotatable bonds is 1. The summed E-state index contributed by atoms with van der Waals surface area (Å²) in [6.07, 6.45) is 0. The summed E-state index contributed by atoms with van der Waals surface area (Å²) in [6.45, 7) is 1.82. The third-order valence-corrected chi connectivity index (χ3v) is 3.44. The first-order valence-electron chi connectivity index (χ1n) is 4.95. The Morgan fingerprint density at radius 2 is 1.76 bits per heavy atom. The number of hydrogen-bond donors (Lipinski definition) is 0. The van der Waals surface area contributed by atoms with Crippen LogP contribution in [-0.2, 0) is 14.1 Å². The SMILES string of the molecule is CC(=Nc1c(I)c(=O)n(C)c(=O)n1C)N(C)C. The van der Waals surface area contributed by atoms with Crippen LogP contribution in [0.25, 0.3) is 0 Å². The smallest absolute Gasteiger partial charge is 0.332 e. The van der Waals surface area contributed by atoms with Crippen molar-refractivity contribution in [2.24, 2.45) is 19.1 Å². The van der Waals surface area contributed by atoms with Crippen molar-refractivity contribution in [3.63, 3.8) is 0 Å². The summed E-state index contributed by atoms with van der Waals surface area (Å²) >= 11 is 1.91. The molecule has 0 spiro atoms. The van der Waals surface area contributed by atoms with Gasteiger partial charge in [0.25, 0.3) is 5.56 Å². The first-order valence-corrected chi connectivity index (χ1v) is 6.03. The molecule has 6 nitrogen and oxygen atoms in total. The van der Waals surface area contributed by atoms with Crippen LogP contribution in [-0.4, -0.2) is 34.0 Å². The molecule has 0 radical (unpaired) electrons. The largest absolute Gasteiger partial charge is 0.366 e. The molecule has 0 bridgehead atoms. The maximum atomic E-state index is 11.8. The van der Waals surface area contributed by atoms with Gasteiger partial charge in [-0.15, -0.1) is 0 Å². The van der Waals surface area contributed by atoms with E-state index in [1.165, 1.54) is 11.6 Å². The second-order valence-electron chi connectivity index (χ2n) is 3.90. The van der Waals surface area contributed by atoms with E-state index in [1.807, 2.05) is 48.5 Å². The van der Waals surface area contributed by atoms with Crippen molar-refractivity contribution < 1.29 is 0 Å². The molecule has 0 N–H and O–H groups in total. The molecule has 0 saturated carbocycles. The van der Waals surface area contributed by atoms with Crippen molar-refractivity contribution in [2.45, 2.75) is 6.92 Å². The molecule has 0 unspecified atom stereocenters. The van der Waals surface area contributed by atoms with Crippen LogP contribution in [0.1, 0.15) is 6.92 Å². The van der Waals surface area contributed by atoms with Gasteiger partial charge < -0.3 is 4.90 Å². The van der Waals surface area contributed by atoms with E-state index >= 15 is 0 Å². The fraction of sp³-hybridized carbons (Fsp3) is 0.500. The van der Waals surface area contributed by atoms with Crippen molar-refractivity contribution in [3.8, 4) is 0 Å². The minimum atomic E-state index is -0.374. The van der Waals surface area contributed by atoms with Crippen LogP contribution >= 0.6 is 22.6 Å². The average Bonchev–Trinajstić information content (AvgIpc) is 2.29. The topological polar surface area (TPSA) is 59.6 Å². The van der Waals surface area contributed by atoms with Gasteiger partial charge in [0, 0.05) is 28.2 Å². The van der Waals surface area contributed by atoms with E-state index in [0.29, 0.717) is 9.39 Å². The van der Waals surface area contributed by atoms with Crippen molar-refractivity contribution in [2.75, 3.05) is 14.1 Å². The Morgan fingerprint density at radius 1 is 1.24 bits per heavy atom. The first-order chi connectivity index (χ1) is 7.77. The predicted molar refractivity (Wildman–Crippen MR) is 76.1 cm³/mol. The number of halogens is 1. The van der Waals surface area contributed by atoms with Crippen LogP contribution in [0.5, 0.6) is 0 Å². The Morgan fingerprint density at radius 3 is 2.24 bits per heavy atom. The minimum Gasteiger partial charge on any atom is -0.366 e. The minimum absolute atomic E-state index is 0.320.